The Morgan fingerprint density at radius 2 is 2.14 bits per heavy atom. The monoisotopic (exact) mass is 416 g/mol. The van der Waals surface area contributed by atoms with E-state index < -0.39 is 6.04 Å². The third-order valence-corrected chi connectivity index (χ3v) is 5.26. The number of ether oxygens (including phenoxy) is 2. The molecule has 1 unspecified atom stereocenters. The van der Waals surface area contributed by atoms with Crippen LogP contribution in [-0.2, 0) is 9.53 Å². The minimum Gasteiger partial charge on any atom is -0.494 e. The van der Waals surface area contributed by atoms with E-state index in [2.05, 4.69) is 29.2 Å². The molecule has 0 saturated carbocycles. The number of hydrogen-bond acceptors (Lipinski definition) is 7. The summed E-state index contributed by atoms with van der Waals surface area (Å²) in [4.78, 5) is 17.4. The molecule has 0 radical (unpaired) electrons. The number of nitrogens with one attached hydrogen (secondary N) is 1. The third kappa shape index (κ3) is 4.75. The number of anilines is 1. The van der Waals surface area contributed by atoms with Gasteiger partial charge in [-0.25, -0.2) is 9.48 Å². The number of aromatic nitrogens is 3. The second-order valence-corrected chi connectivity index (χ2v) is 7.89. The Morgan fingerprint density at radius 1 is 1.31 bits per heavy atom. The van der Waals surface area contributed by atoms with Gasteiger partial charge in [-0.3, -0.25) is 0 Å². The van der Waals surface area contributed by atoms with Gasteiger partial charge in [-0.15, -0.1) is 5.10 Å². The number of unbranched alkanes of at least 4 members (excludes halogenated alkanes) is 1. The van der Waals surface area contributed by atoms with Crippen LogP contribution in [0, 0.1) is 0 Å². The van der Waals surface area contributed by atoms with Crippen molar-refractivity contribution in [1.82, 2.24) is 14.8 Å². The third-order valence-electron chi connectivity index (χ3n) is 4.54. The molecule has 156 valence electrons. The summed E-state index contributed by atoms with van der Waals surface area (Å²) in [6.07, 6.45) is 2.07. The predicted octanol–water partition coefficient (Wildman–Crippen LogP) is 4.42. The van der Waals surface area contributed by atoms with Crippen LogP contribution in [-0.4, -0.2) is 39.7 Å². The summed E-state index contributed by atoms with van der Waals surface area (Å²) in [5.74, 6) is 1.91. The maximum absolute atomic E-state index is 12.8. The number of allylic oxidation sites excluding steroid dienone is 1. The smallest absolute Gasteiger partial charge is 0.338 e. The van der Waals surface area contributed by atoms with Crippen molar-refractivity contribution in [2.24, 2.45) is 0 Å². The Hall–Kier alpha value is -2.48. The highest BCUT2D eigenvalue weighted by Gasteiger charge is 2.35. The molecule has 29 heavy (non-hydrogen) atoms. The highest BCUT2D eigenvalue weighted by atomic mass is 32.2. The molecule has 2 heterocycles. The van der Waals surface area contributed by atoms with Gasteiger partial charge in [-0.1, -0.05) is 44.2 Å². The van der Waals surface area contributed by atoms with Gasteiger partial charge < -0.3 is 14.8 Å². The van der Waals surface area contributed by atoms with Crippen LogP contribution >= 0.6 is 11.8 Å². The molecule has 0 bridgehead atoms. The highest BCUT2D eigenvalue weighted by molar-refractivity contribution is 7.99. The van der Waals surface area contributed by atoms with Gasteiger partial charge in [0.1, 0.15) is 11.8 Å². The van der Waals surface area contributed by atoms with E-state index in [1.165, 1.54) is 0 Å². The molecule has 1 aliphatic rings. The number of nitrogens with zero attached hydrogens (tertiary/aromatic N) is 3. The summed E-state index contributed by atoms with van der Waals surface area (Å²) in [6, 6.07) is 7.39. The maximum Gasteiger partial charge on any atom is 0.338 e. The fourth-order valence-electron chi connectivity index (χ4n) is 3.21. The van der Waals surface area contributed by atoms with Gasteiger partial charge in [0.05, 0.1) is 18.8 Å². The average Bonchev–Trinajstić information content (AvgIpc) is 3.09. The average molecular weight is 417 g/mol. The molecular weight excluding hydrogens is 388 g/mol. The lowest BCUT2D eigenvalue weighted by atomic mass is 9.95. The SMILES string of the molecule is CCCCOc1cccc(C2C(C(=O)OCC)=C(C)Nc3nc(SCC)nn32)c1. The van der Waals surface area contributed by atoms with Crippen molar-refractivity contribution >= 4 is 23.7 Å². The normalized spacial score (nSPS) is 15.7. The van der Waals surface area contributed by atoms with E-state index >= 15 is 0 Å². The van der Waals surface area contributed by atoms with Gasteiger partial charge in [0.25, 0.3) is 0 Å². The molecule has 0 fully saturated rings. The van der Waals surface area contributed by atoms with Gasteiger partial charge in [-0.2, -0.15) is 4.98 Å². The number of carbonyl (C=O) groups excluding carboxylic acids is 1. The van der Waals surface area contributed by atoms with Crippen LogP contribution in [0.2, 0.25) is 0 Å². The number of fused-ring (bicyclic) bond motifs is 1. The van der Waals surface area contributed by atoms with Crippen LogP contribution in [0.3, 0.4) is 0 Å². The molecule has 0 spiro atoms. The second-order valence-electron chi connectivity index (χ2n) is 6.66. The first-order chi connectivity index (χ1) is 14.1. The summed E-state index contributed by atoms with van der Waals surface area (Å²) < 4.78 is 13.0. The molecule has 0 saturated heterocycles. The zero-order valence-corrected chi connectivity index (χ0v) is 18.2. The number of thioether (sulfide) groups is 1. The van der Waals surface area contributed by atoms with Crippen LogP contribution < -0.4 is 10.1 Å². The van der Waals surface area contributed by atoms with E-state index in [4.69, 9.17) is 9.47 Å². The Kier molecular flexibility index (Phi) is 7.19. The van der Waals surface area contributed by atoms with E-state index in [-0.39, 0.29) is 5.97 Å². The lowest BCUT2D eigenvalue weighted by Gasteiger charge is -2.28. The van der Waals surface area contributed by atoms with Crippen LogP contribution in [0.1, 0.15) is 52.1 Å². The van der Waals surface area contributed by atoms with Crippen molar-refractivity contribution in [2.45, 2.75) is 51.7 Å². The Balaban J connectivity index is 2.04. The zero-order valence-electron chi connectivity index (χ0n) is 17.4. The van der Waals surface area contributed by atoms with Crippen molar-refractivity contribution < 1.29 is 14.3 Å². The molecule has 0 amide bonds. The van der Waals surface area contributed by atoms with Crippen molar-refractivity contribution in [3.8, 4) is 5.75 Å². The molecular formula is C21H28N4O3S. The molecule has 1 atom stereocenters. The summed E-state index contributed by atoms with van der Waals surface area (Å²) in [7, 11) is 0. The first-order valence-corrected chi connectivity index (χ1v) is 11.0. The van der Waals surface area contributed by atoms with Crippen molar-refractivity contribution in [3.05, 3.63) is 41.1 Å². The van der Waals surface area contributed by atoms with Gasteiger partial charge in [0.15, 0.2) is 0 Å². The van der Waals surface area contributed by atoms with E-state index in [9.17, 15) is 4.79 Å². The number of hydrogen-bond donors (Lipinski definition) is 1. The summed E-state index contributed by atoms with van der Waals surface area (Å²) >= 11 is 1.56. The van der Waals surface area contributed by atoms with Gasteiger partial charge in [0, 0.05) is 5.70 Å². The van der Waals surface area contributed by atoms with Gasteiger partial charge >= 0.3 is 5.97 Å². The van der Waals surface area contributed by atoms with E-state index in [1.807, 2.05) is 31.2 Å². The highest BCUT2D eigenvalue weighted by Crippen LogP contribution is 2.37. The number of esters is 1. The Bertz CT molecular complexity index is 894. The lowest BCUT2D eigenvalue weighted by Crippen LogP contribution is -2.29. The van der Waals surface area contributed by atoms with Crippen LogP contribution in [0.25, 0.3) is 0 Å². The van der Waals surface area contributed by atoms with Crippen LogP contribution in [0.4, 0.5) is 5.95 Å². The fourth-order valence-corrected chi connectivity index (χ4v) is 3.77. The summed E-state index contributed by atoms with van der Waals surface area (Å²) in [5.41, 5.74) is 2.16. The first kappa shape index (κ1) is 21.2. The van der Waals surface area contributed by atoms with Crippen molar-refractivity contribution in [2.75, 3.05) is 24.3 Å². The fraction of sp³-hybridized carbons (Fsp3) is 0.476. The molecule has 8 heteroatoms. The second kappa shape index (κ2) is 9.82. The van der Waals surface area contributed by atoms with Crippen molar-refractivity contribution in [1.29, 1.82) is 0 Å². The van der Waals surface area contributed by atoms with Gasteiger partial charge in [-0.05, 0) is 43.7 Å². The zero-order chi connectivity index (χ0) is 20.8. The van der Waals surface area contributed by atoms with Crippen LogP contribution in [0.15, 0.2) is 40.7 Å². The van der Waals surface area contributed by atoms with Crippen LogP contribution in [0.5, 0.6) is 5.75 Å². The quantitative estimate of drug-likeness (QED) is 0.368. The molecule has 3 rings (SSSR count). The minimum atomic E-state index is -0.432. The predicted molar refractivity (Wildman–Crippen MR) is 114 cm³/mol. The Morgan fingerprint density at radius 3 is 2.86 bits per heavy atom. The lowest BCUT2D eigenvalue weighted by molar-refractivity contribution is -0.139. The number of benzene rings is 1. The van der Waals surface area contributed by atoms with E-state index in [0.29, 0.717) is 29.9 Å². The van der Waals surface area contributed by atoms with E-state index in [1.54, 1.807) is 23.4 Å². The minimum absolute atomic E-state index is 0.309. The summed E-state index contributed by atoms with van der Waals surface area (Å²) in [6.45, 7) is 8.83. The Labute approximate surface area is 175 Å². The van der Waals surface area contributed by atoms with E-state index in [0.717, 1.165) is 35.6 Å². The maximum atomic E-state index is 12.8. The molecule has 2 aromatic rings. The van der Waals surface area contributed by atoms with Gasteiger partial charge in [0.2, 0.25) is 11.1 Å². The molecule has 7 nitrogen and oxygen atoms in total. The topological polar surface area (TPSA) is 78.3 Å². The molecule has 0 aliphatic carbocycles. The molecule has 1 N–H and O–H groups in total. The standard InChI is InChI=1S/C21H28N4O3S/c1-5-8-12-28-16-11-9-10-15(13-16)18-17(19(26)27-6-2)14(4)22-20-23-21(29-7-3)24-25(18)20/h9-11,13,18H,5-8,12H2,1-4H3,(H,22,23,24). The number of rotatable bonds is 9. The number of carbonyl (C=O) groups is 1. The molecule has 1 aromatic heterocycles. The molecule has 1 aliphatic heterocycles. The first-order valence-electron chi connectivity index (χ1n) is 10.1. The molecule has 1 aromatic carbocycles. The summed E-state index contributed by atoms with van der Waals surface area (Å²) in [5, 5.41) is 8.54. The van der Waals surface area contributed by atoms with Crippen molar-refractivity contribution in [3.63, 3.8) is 0 Å². The largest absolute Gasteiger partial charge is 0.494 e.